The molecule has 0 aliphatic carbocycles. The van der Waals surface area contributed by atoms with Crippen LogP contribution in [0.2, 0.25) is 0 Å². The number of carbonyl (C=O) groups is 4. The predicted octanol–water partition coefficient (Wildman–Crippen LogP) is 1.33. The first-order valence-electron chi connectivity index (χ1n) is 10.9. The van der Waals surface area contributed by atoms with Crippen molar-refractivity contribution in [3.63, 3.8) is 0 Å². The van der Waals surface area contributed by atoms with Crippen molar-refractivity contribution in [1.82, 2.24) is 20.3 Å². The van der Waals surface area contributed by atoms with E-state index in [2.05, 4.69) is 10.5 Å². The highest BCUT2D eigenvalue weighted by Crippen LogP contribution is 2.20. The van der Waals surface area contributed by atoms with Crippen LogP contribution < -0.4 is 5.32 Å². The first-order chi connectivity index (χ1) is 15.9. The molecular formula is C23H28N4O6. The molecular weight excluding hydrogens is 428 g/mol. The molecule has 10 heteroatoms. The predicted molar refractivity (Wildman–Crippen MR) is 118 cm³/mol. The second-order valence-corrected chi connectivity index (χ2v) is 7.78. The lowest BCUT2D eigenvalue weighted by Gasteiger charge is -2.32. The number of likely N-dealkylation sites (tertiary alicyclic amines) is 1. The molecule has 1 fully saturated rings. The summed E-state index contributed by atoms with van der Waals surface area (Å²) in [4.78, 5) is 51.9. The molecule has 33 heavy (non-hydrogen) atoms. The van der Waals surface area contributed by atoms with Crippen LogP contribution in [-0.2, 0) is 19.1 Å². The third-order valence-corrected chi connectivity index (χ3v) is 5.47. The second-order valence-electron chi connectivity index (χ2n) is 7.78. The number of aromatic nitrogens is 1. The second kappa shape index (κ2) is 11.3. The van der Waals surface area contributed by atoms with Gasteiger partial charge in [0.05, 0.1) is 25.6 Å². The molecule has 176 valence electrons. The Balaban J connectivity index is 1.42. The summed E-state index contributed by atoms with van der Waals surface area (Å²) in [6, 6.07) is 10.7. The van der Waals surface area contributed by atoms with Gasteiger partial charge in [0.15, 0.2) is 11.5 Å². The summed E-state index contributed by atoms with van der Waals surface area (Å²) >= 11 is 0. The summed E-state index contributed by atoms with van der Waals surface area (Å²) in [7, 11) is 1.50. The molecule has 2 aromatic rings. The van der Waals surface area contributed by atoms with Gasteiger partial charge in [0.2, 0.25) is 11.8 Å². The van der Waals surface area contributed by atoms with E-state index in [-0.39, 0.29) is 36.6 Å². The number of nitrogens with zero attached hydrogens (tertiary/aromatic N) is 3. The van der Waals surface area contributed by atoms with E-state index in [1.54, 1.807) is 11.8 Å². The number of ether oxygens (including phenoxy) is 1. The van der Waals surface area contributed by atoms with E-state index in [0.29, 0.717) is 38.3 Å². The number of amides is 3. The lowest BCUT2D eigenvalue weighted by molar-refractivity contribution is -0.151. The number of carbonyl (C=O) groups excluding carboxylic acids is 4. The fourth-order valence-electron chi connectivity index (χ4n) is 3.52. The van der Waals surface area contributed by atoms with Gasteiger partial charge in [-0.15, -0.1) is 0 Å². The van der Waals surface area contributed by atoms with Crippen molar-refractivity contribution in [3.05, 3.63) is 42.1 Å². The van der Waals surface area contributed by atoms with E-state index >= 15 is 0 Å². The maximum atomic E-state index is 12.5. The van der Waals surface area contributed by atoms with Gasteiger partial charge in [-0.1, -0.05) is 35.5 Å². The number of hydrogen-bond donors (Lipinski definition) is 1. The highest BCUT2D eigenvalue weighted by molar-refractivity contribution is 5.96. The molecule has 2 heterocycles. The molecule has 1 aliphatic rings. The molecule has 0 atom stereocenters. The Hall–Kier alpha value is -3.69. The number of benzene rings is 1. The molecule has 0 saturated carbocycles. The van der Waals surface area contributed by atoms with Crippen LogP contribution in [-0.4, -0.2) is 78.5 Å². The molecule has 10 nitrogen and oxygen atoms in total. The average Bonchev–Trinajstić information content (AvgIpc) is 3.33. The summed E-state index contributed by atoms with van der Waals surface area (Å²) < 4.78 is 10.2. The summed E-state index contributed by atoms with van der Waals surface area (Å²) in [5.74, 6) is -1.14. The molecule has 0 unspecified atom stereocenters. The number of likely N-dealkylation sites (N-methyl/N-ethyl adjacent to an activating group) is 1. The van der Waals surface area contributed by atoms with Gasteiger partial charge in [-0.2, -0.15) is 0 Å². The number of rotatable bonds is 8. The van der Waals surface area contributed by atoms with Crippen molar-refractivity contribution < 1.29 is 28.4 Å². The fraction of sp³-hybridized carbons (Fsp3) is 0.435. The summed E-state index contributed by atoms with van der Waals surface area (Å²) in [5, 5.41) is 6.25. The minimum atomic E-state index is -0.546. The maximum Gasteiger partial charge on any atom is 0.309 e. The fourth-order valence-corrected chi connectivity index (χ4v) is 3.52. The lowest BCUT2D eigenvalue weighted by Crippen LogP contribution is -2.47. The van der Waals surface area contributed by atoms with Gasteiger partial charge in [-0.25, -0.2) is 0 Å². The third kappa shape index (κ3) is 6.41. The van der Waals surface area contributed by atoms with Gasteiger partial charge in [0.25, 0.3) is 5.91 Å². The zero-order valence-electron chi connectivity index (χ0n) is 18.8. The van der Waals surface area contributed by atoms with Gasteiger partial charge >= 0.3 is 5.97 Å². The SMILES string of the molecule is CCOC(=O)C1CCN(C(=O)CN(C)C(=O)CNC(=O)c2cc(-c3ccccc3)on2)CC1. The minimum absolute atomic E-state index is 0.0600. The first-order valence-corrected chi connectivity index (χ1v) is 10.9. The normalized spacial score (nSPS) is 13.9. The van der Waals surface area contributed by atoms with Crippen molar-refractivity contribution >= 4 is 23.7 Å². The van der Waals surface area contributed by atoms with E-state index in [0.717, 1.165) is 5.56 Å². The Morgan fingerprint density at radius 3 is 2.55 bits per heavy atom. The highest BCUT2D eigenvalue weighted by Gasteiger charge is 2.29. The minimum Gasteiger partial charge on any atom is -0.466 e. The zero-order valence-corrected chi connectivity index (χ0v) is 18.8. The van der Waals surface area contributed by atoms with Gasteiger partial charge in [-0.05, 0) is 19.8 Å². The van der Waals surface area contributed by atoms with Crippen molar-refractivity contribution in [2.45, 2.75) is 19.8 Å². The quantitative estimate of drug-likeness (QED) is 0.595. The molecule has 0 spiro atoms. The highest BCUT2D eigenvalue weighted by atomic mass is 16.5. The van der Waals surface area contributed by atoms with E-state index in [9.17, 15) is 19.2 Å². The summed E-state index contributed by atoms with van der Waals surface area (Å²) in [6.07, 6.45) is 1.09. The standard InChI is InChI=1S/C23H28N4O6/c1-3-32-23(31)17-9-11-27(12-10-17)21(29)15-26(2)20(28)14-24-22(30)18-13-19(33-25-18)16-7-5-4-6-8-16/h4-8,13,17H,3,9-12,14-15H2,1-2H3,(H,24,30). The first kappa shape index (κ1) is 24.0. The van der Waals surface area contributed by atoms with Crippen molar-refractivity contribution in [2.75, 3.05) is 39.8 Å². The maximum absolute atomic E-state index is 12.5. The Bertz CT molecular complexity index is 982. The molecule has 3 rings (SSSR count). The Morgan fingerprint density at radius 1 is 1.18 bits per heavy atom. The zero-order chi connectivity index (χ0) is 23.8. The van der Waals surface area contributed by atoms with E-state index in [1.165, 1.54) is 18.0 Å². The smallest absolute Gasteiger partial charge is 0.309 e. The summed E-state index contributed by atoms with van der Waals surface area (Å²) in [5.41, 5.74) is 0.842. The van der Waals surface area contributed by atoms with Gasteiger partial charge < -0.3 is 24.4 Å². The molecule has 1 saturated heterocycles. The van der Waals surface area contributed by atoms with Crippen LogP contribution in [0.5, 0.6) is 0 Å². The molecule has 1 aromatic heterocycles. The van der Waals surface area contributed by atoms with E-state index in [1.807, 2.05) is 30.3 Å². The van der Waals surface area contributed by atoms with Crippen LogP contribution in [0.15, 0.2) is 40.9 Å². The number of piperidine rings is 1. The van der Waals surface area contributed by atoms with Crippen LogP contribution in [0.25, 0.3) is 11.3 Å². The van der Waals surface area contributed by atoms with Crippen molar-refractivity contribution in [2.24, 2.45) is 5.92 Å². The van der Waals surface area contributed by atoms with Crippen molar-refractivity contribution in [1.29, 1.82) is 0 Å². The molecule has 1 aromatic carbocycles. The molecule has 0 bridgehead atoms. The number of hydrogen-bond acceptors (Lipinski definition) is 7. The molecule has 3 amide bonds. The summed E-state index contributed by atoms with van der Waals surface area (Å²) in [6.45, 7) is 2.60. The third-order valence-electron chi connectivity index (χ3n) is 5.47. The number of nitrogens with one attached hydrogen (secondary N) is 1. The monoisotopic (exact) mass is 456 g/mol. The average molecular weight is 456 g/mol. The van der Waals surface area contributed by atoms with Crippen LogP contribution in [0.3, 0.4) is 0 Å². The van der Waals surface area contributed by atoms with E-state index in [4.69, 9.17) is 9.26 Å². The van der Waals surface area contributed by atoms with Crippen LogP contribution in [0.1, 0.15) is 30.3 Å². The Labute approximate surface area is 191 Å². The van der Waals surface area contributed by atoms with Gasteiger partial charge in [0.1, 0.15) is 0 Å². The topological polar surface area (TPSA) is 122 Å². The molecule has 1 aliphatic heterocycles. The lowest BCUT2D eigenvalue weighted by atomic mass is 9.97. The van der Waals surface area contributed by atoms with Gasteiger partial charge in [-0.3, -0.25) is 19.2 Å². The number of esters is 1. The van der Waals surface area contributed by atoms with E-state index < -0.39 is 11.8 Å². The Kier molecular flexibility index (Phi) is 8.17. The van der Waals surface area contributed by atoms with Crippen LogP contribution >= 0.6 is 0 Å². The molecule has 1 N–H and O–H groups in total. The van der Waals surface area contributed by atoms with Gasteiger partial charge in [0, 0.05) is 31.8 Å². The van der Waals surface area contributed by atoms with Crippen molar-refractivity contribution in [3.8, 4) is 11.3 Å². The Morgan fingerprint density at radius 2 is 1.88 bits per heavy atom. The van der Waals surface area contributed by atoms with Crippen LogP contribution in [0.4, 0.5) is 0 Å². The largest absolute Gasteiger partial charge is 0.466 e. The van der Waals surface area contributed by atoms with Crippen LogP contribution in [0, 0.1) is 5.92 Å². The molecule has 0 radical (unpaired) electrons.